The molecule has 2 aromatic carbocycles. The first-order chi connectivity index (χ1) is 9.60. The second-order valence-electron chi connectivity index (χ2n) is 5.04. The average Bonchev–Trinajstić information content (AvgIpc) is 2.79. The molecule has 0 spiro atoms. The molecule has 0 saturated heterocycles. The number of hydrogen-bond acceptors (Lipinski definition) is 1. The Bertz CT molecular complexity index is 644. The van der Waals surface area contributed by atoms with Crippen LogP contribution in [0.3, 0.4) is 0 Å². The molecule has 1 N–H and O–H groups in total. The molecule has 2 aromatic rings. The van der Waals surface area contributed by atoms with Crippen LogP contribution < -0.4 is 5.32 Å². The molecule has 0 aliphatic heterocycles. The third-order valence-corrected chi connectivity index (χ3v) is 4.68. The zero-order valence-corrected chi connectivity index (χ0v) is 13.3. The largest absolute Gasteiger partial charge is 0.313 e. The summed E-state index contributed by atoms with van der Waals surface area (Å²) in [6, 6.07) is 10.3. The van der Waals surface area contributed by atoms with E-state index in [1.807, 2.05) is 7.05 Å². The van der Waals surface area contributed by atoms with E-state index in [4.69, 9.17) is 34.8 Å². The third-order valence-electron chi connectivity index (χ3n) is 3.86. The molecule has 1 unspecified atom stereocenters. The Hall–Kier alpha value is -0.730. The van der Waals surface area contributed by atoms with Crippen LogP contribution in [0.15, 0.2) is 30.3 Å². The molecular formula is C16H14Cl3N. The second-order valence-corrected chi connectivity index (χ2v) is 6.29. The number of hydrogen-bond donors (Lipinski definition) is 1. The highest BCUT2D eigenvalue weighted by Gasteiger charge is 2.22. The Labute approximate surface area is 133 Å². The van der Waals surface area contributed by atoms with Crippen LogP contribution in [0.25, 0.3) is 11.1 Å². The molecule has 104 valence electrons. The second kappa shape index (κ2) is 5.57. The third kappa shape index (κ3) is 2.44. The van der Waals surface area contributed by atoms with Gasteiger partial charge in [-0.05, 0) is 48.7 Å². The molecule has 1 nitrogen and oxygen atoms in total. The number of rotatable bonds is 2. The topological polar surface area (TPSA) is 12.0 Å². The van der Waals surface area contributed by atoms with Crippen molar-refractivity contribution in [2.24, 2.45) is 0 Å². The van der Waals surface area contributed by atoms with Gasteiger partial charge in [-0.15, -0.1) is 0 Å². The van der Waals surface area contributed by atoms with E-state index in [0.29, 0.717) is 21.1 Å². The van der Waals surface area contributed by atoms with Crippen LogP contribution in [0.4, 0.5) is 0 Å². The molecule has 0 saturated carbocycles. The first-order valence-electron chi connectivity index (χ1n) is 6.55. The lowest BCUT2D eigenvalue weighted by Gasteiger charge is -2.12. The molecule has 4 heteroatoms. The van der Waals surface area contributed by atoms with Gasteiger partial charge in [-0.1, -0.05) is 53.0 Å². The monoisotopic (exact) mass is 325 g/mol. The van der Waals surface area contributed by atoms with Crippen molar-refractivity contribution in [3.63, 3.8) is 0 Å². The average molecular weight is 327 g/mol. The van der Waals surface area contributed by atoms with Gasteiger partial charge in [0.25, 0.3) is 0 Å². The van der Waals surface area contributed by atoms with Gasteiger partial charge in [-0.2, -0.15) is 0 Å². The summed E-state index contributed by atoms with van der Waals surface area (Å²) in [4.78, 5) is 0. The minimum atomic E-state index is 0.454. The van der Waals surface area contributed by atoms with E-state index in [1.54, 1.807) is 12.1 Å². The van der Waals surface area contributed by atoms with E-state index >= 15 is 0 Å². The Balaban J connectivity index is 2.09. The SMILES string of the molecule is CNC1CCc2cc(-c3c(Cl)cc(Cl)cc3Cl)ccc21. The van der Waals surface area contributed by atoms with Gasteiger partial charge < -0.3 is 5.32 Å². The Morgan fingerprint density at radius 3 is 2.40 bits per heavy atom. The highest BCUT2D eigenvalue weighted by molar-refractivity contribution is 6.41. The highest BCUT2D eigenvalue weighted by atomic mass is 35.5. The Kier molecular flexibility index (Phi) is 3.96. The number of halogens is 3. The molecule has 0 amide bonds. The van der Waals surface area contributed by atoms with Gasteiger partial charge in [0.2, 0.25) is 0 Å². The molecule has 1 aliphatic carbocycles. The normalized spacial score (nSPS) is 17.3. The van der Waals surface area contributed by atoms with Crippen molar-refractivity contribution >= 4 is 34.8 Å². The maximum atomic E-state index is 6.29. The standard InChI is InChI=1S/C16H14Cl3N/c1-20-15-5-3-9-6-10(2-4-12(9)15)16-13(18)7-11(17)8-14(16)19/h2,4,6-8,15,20H,3,5H2,1H3. The molecule has 0 radical (unpaired) electrons. The smallest absolute Gasteiger partial charge is 0.0514 e. The van der Waals surface area contributed by atoms with Gasteiger partial charge in [-0.25, -0.2) is 0 Å². The van der Waals surface area contributed by atoms with E-state index in [1.165, 1.54) is 11.1 Å². The zero-order valence-electron chi connectivity index (χ0n) is 11.0. The van der Waals surface area contributed by atoms with E-state index in [0.717, 1.165) is 24.0 Å². The molecule has 0 heterocycles. The molecule has 0 aromatic heterocycles. The summed E-state index contributed by atoms with van der Waals surface area (Å²) < 4.78 is 0. The predicted molar refractivity (Wildman–Crippen MR) is 87.0 cm³/mol. The fraction of sp³-hybridized carbons (Fsp3) is 0.250. The molecule has 1 atom stereocenters. The van der Waals surface area contributed by atoms with Crippen molar-refractivity contribution in [1.29, 1.82) is 0 Å². The van der Waals surface area contributed by atoms with Crippen LogP contribution in [-0.2, 0) is 6.42 Å². The summed E-state index contributed by atoms with van der Waals surface area (Å²) in [5, 5.41) is 5.07. The van der Waals surface area contributed by atoms with E-state index in [9.17, 15) is 0 Å². The van der Waals surface area contributed by atoms with Gasteiger partial charge in [0, 0.05) is 16.6 Å². The molecule has 0 fully saturated rings. The van der Waals surface area contributed by atoms with Gasteiger partial charge in [-0.3, -0.25) is 0 Å². The van der Waals surface area contributed by atoms with Crippen LogP contribution in [-0.4, -0.2) is 7.05 Å². The van der Waals surface area contributed by atoms with Gasteiger partial charge >= 0.3 is 0 Å². The molecule has 0 bridgehead atoms. The molecular weight excluding hydrogens is 313 g/mol. The van der Waals surface area contributed by atoms with Crippen molar-refractivity contribution in [3.8, 4) is 11.1 Å². The summed E-state index contributed by atoms with van der Waals surface area (Å²) in [6.07, 6.45) is 2.22. The van der Waals surface area contributed by atoms with E-state index < -0.39 is 0 Å². The van der Waals surface area contributed by atoms with Crippen molar-refractivity contribution in [2.75, 3.05) is 7.05 Å². The van der Waals surface area contributed by atoms with Crippen LogP contribution in [0.2, 0.25) is 15.1 Å². The summed E-state index contributed by atoms with van der Waals surface area (Å²) in [6.45, 7) is 0. The predicted octanol–water partition coefficient (Wildman–Crippen LogP) is 5.52. The quantitative estimate of drug-likeness (QED) is 0.766. The number of fused-ring (bicyclic) bond motifs is 1. The summed E-state index contributed by atoms with van der Waals surface area (Å²) in [7, 11) is 2.00. The van der Waals surface area contributed by atoms with Crippen LogP contribution >= 0.6 is 34.8 Å². The maximum Gasteiger partial charge on any atom is 0.0514 e. The molecule has 3 rings (SSSR count). The molecule has 1 aliphatic rings. The Morgan fingerprint density at radius 2 is 1.75 bits per heavy atom. The first kappa shape index (κ1) is 14.2. The van der Waals surface area contributed by atoms with Crippen LogP contribution in [0, 0.1) is 0 Å². The van der Waals surface area contributed by atoms with E-state index in [-0.39, 0.29) is 0 Å². The number of benzene rings is 2. The van der Waals surface area contributed by atoms with Gasteiger partial charge in [0.15, 0.2) is 0 Å². The number of nitrogens with one attached hydrogen (secondary N) is 1. The summed E-state index contributed by atoms with van der Waals surface area (Å²) in [5.41, 5.74) is 4.64. The van der Waals surface area contributed by atoms with Crippen molar-refractivity contribution in [3.05, 3.63) is 56.5 Å². The van der Waals surface area contributed by atoms with Crippen LogP contribution in [0.1, 0.15) is 23.6 Å². The van der Waals surface area contributed by atoms with E-state index in [2.05, 4.69) is 23.5 Å². The molecule has 20 heavy (non-hydrogen) atoms. The van der Waals surface area contributed by atoms with Gasteiger partial charge in [0.05, 0.1) is 10.0 Å². The zero-order chi connectivity index (χ0) is 14.3. The van der Waals surface area contributed by atoms with Crippen molar-refractivity contribution in [1.82, 2.24) is 5.32 Å². The minimum absolute atomic E-state index is 0.454. The Morgan fingerprint density at radius 1 is 1.05 bits per heavy atom. The minimum Gasteiger partial charge on any atom is -0.313 e. The lowest BCUT2D eigenvalue weighted by Crippen LogP contribution is -2.12. The van der Waals surface area contributed by atoms with Crippen LogP contribution in [0.5, 0.6) is 0 Å². The lowest BCUT2D eigenvalue weighted by atomic mass is 9.99. The highest BCUT2D eigenvalue weighted by Crippen LogP contribution is 2.40. The summed E-state index contributed by atoms with van der Waals surface area (Å²) >= 11 is 18.6. The fourth-order valence-electron chi connectivity index (χ4n) is 2.89. The van der Waals surface area contributed by atoms with Crippen molar-refractivity contribution < 1.29 is 0 Å². The van der Waals surface area contributed by atoms with Crippen molar-refractivity contribution in [2.45, 2.75) is 18.9 Å². The van der Waals surface area contributed by atoms with Gasteiger partial charge in [0.1, 0.15) is 0 Å². The number of aryl methyl sites for hydroxylation is 1. The lowest BCUT2D eigenvalue weighted by molar-refractivity contribution is 0.590. The maximum absolute atomic E-state index is 6.29. The first-order valence-corrected chi connectivity index (χ1v) is 7.68. The summed E-state index contributed by atoms with van der Waals surface area (Å²) in [5.74, 6) is 0. The fourth-order valence-corrected chi connectivity index (χ4v) is 3.93.